The van der Waals surface area contributed by atoms with Gasteiger partial charge in [-0.05, 0) is 57.4 Å². The molecule has 0 rings (SSSR count). The van der Waals surface area contributed by atoms with Crippen molar-refractivity contribution in [3.8, 4) is 0 Å². The minimum Gasteiger partial charge on any atom is -0.390 e. The van der Waals surface area contributed by atoms with Crippen molar-refractivity contribution < 1.29 is 5.11 Å². The summed E-state index contributed by atoms with van der Waals surface area (Å²) in [6.07, 6.45) is 5.48. The van der Waals surface area contributed by atoms with Gasteiger partial charge in [0.1, 0.15) is 0 Å². The third-order valence-corrected chi connectivity index (χ3v) is 4.45. The maximum atomic E-state index is 10.1. The summed E-state index contributed by atoms with van der Waals surface area (Å²) in [4.78, 5) is 0. The number of aliphatic hydroxyl groups is 1. The Morgan fingerprint density at radius 3 is 2.11 bits per heavy atom. The molecular weight excluding hydrogens is 234 g/mol. The maximum absolute atomic E-state index is 10.1. The van der Waals surface area contributed by atoms with E-state index in [1.165, 1.54) is 19.3 Å². The molecule has 2 N–H and O–H groups in total. The van der Waals surface area contributed by atoms with Crippen molar-refractivity contribution in [3.63, 3.8) is 0 Å². The molecule has 4 unspecified atom stereocenters. The first-order valence-electron chi connectivity index (χ1n) is 8.11. The summed E-state index contributed by atoms with van der Waals surface area (Å²) in [7, 11) is 2.08. The fourth-order valence-electron chi connectivity index (χ4n) is 2.89. The zero-order chi connectivity index (χ0) is 15.1. The predicted molar refractivity (Wildman–Crippen MR) is 85.4 cm³/mol. The molecule has 0 aromatic carbocycles. The van der Waals surface area contributed by atoms with Crippen molar-refractivity contribution in [2.75, 3.05) is 7.05 Å². The number of hydrogen-bond acceptors (Lipinski definition) is 2. The normalized spacial score (nSPS) is 20.1. The van der Waals surface area contributed by atoms with Gasteiger partial charge in [0, 0.05) is 6.04 Å². The first-order chi connectivity index (χ1) is 8.71. The minimum absolute atomic E-state index is 0.483. The second kappa shape index (κ2) is 8.97. The van der Waals surface area contributed by atoms with Crippen molar-refractivity contribution in [3.05, 3.63) is 0 Å². The fourth-order valence-corrected chi connectivity index (χ4v) is 2.89. The molecule has 2 nitrogen and oxygen atoms in total. The Morgan fingerprint density at radius 1 is 1.11 bits per heavy atom. The summed E-state index contributed by atoms with van der Waals surface area (Å²) in [5.74, 6) is 2.06. The average Bonchev–Trinajstić information content (AvgIpc) is 2.32. The Labute approximate surface area is 121 Å². The molecule has 0 spiro atoms. The molecule has 0 aliphatic carbocycles. The van der Waals surface area contributed by atoms with Crippen LogP contribution in [-0.4, -0.2) is 23.8 Å². The van der Waals surface area contributed by atoms with Crippen LogP contribution in [0.1, 0.15) is 73.6 Å². The highest BCUT2D eigenvalue weighted by Crippen LogP contribution is 2.26. The molecule has 0 bridgehead atoms. The standard InChI is InChI=1S/C17H37NO/c1-8-17(6,19)12-14(4)9-10-15(5)16(18-7)11-13(2)3/h13-16,18-19H,8-12H2,1-7H3. The summed E-state index contributed by atoms with van der Waals surface area (Å²) < 4.78 is 0. The minimum atomic E-state index is -0.483. The van der Waals surface area contributed by atoms with Crippen LogP contribution in [0.5, 0.6) is 0 Å². The summed E-state index contributed by atoms with van der Waals surface area (Å²) in [5.41, 5.74) is -0.483. The molecule has 0 saturated carbocycles. The molecule has 0 aromatic heterocycles. The largest absolute Gasteiger partial charge is 0.390 e. The molecule has 116 valence electrons. The van der Waals surface area contributed by atoms with Gasteiger partial charge in [0.05, 0.1) is 5.60 Å². The van der Waals surface area contributed by atoms with Crippen LogP contribution in [0.4, 0.5) is 0 Å². The lowest BCUT2D eigenvalue weighted by atomic mass is 9.84. The Kier molecular flexibility index (Phi) is 8.93. The van der Waals surface area contributed by atoms with Crippen molar-refractivity contribution in [1.82, 2.24) is 5.32 Å². The molecule has 2 heteroatoms. The maximum Gasteiger partial charge on any atom is 0.0619 e. The monoisotopic (exact) mass is 271 g/mol. The van der Waals surface area contributed by atoms with E-state index in [0.29, 0.717) is 17.9 Å². The number of nitrogens with one attached hydrogen (secondary N) is 1. The van der Waals surface area contributed by atoms with Gasteiger partial charge in [0.2, 0.25) is 0 Å². The van der Waals surface area contributed by atoms with Gasteiger partial charge in [0.15, 0.2) is 0 Å². The first-order valence-corrected chi connectivity index (χ1v) is 8.11. The van der Waals surface area contributed by atoms with Gasteiger partial charge in [-0.25, -0.2) is 0 Å². The van der Waals surface area contributed by atoms with Gasteiger partial charge < -0.3 is 10.4 Å². The van der Waals surface area contributed by atoms with Gasteiger partial charge in [-0.3, -0.25) is 0 Å². The van der Waals surface area contributed by atoms with Crippen molar-refractivity contribution in [2.24, 2.45) is 17.8 Å². The van der Waals surface area contributed by atoms with Gasteiger partial charge in [-0.1, -0.05) is 41.0 Å². The second-order valence-corrected chi connectivity index (χ2v) is 7.24. The van der Waals surface area contributed by atoms with Crippen LogP contribution in [0.15, 0.2) is 0 Å². The zero-order valence-electron chi connectivity index (χ0n) is 14.3. The Morgan fingerprint density at radius 2 is 1.68 bits per heavy atom. The van der Waals surface area contributed by atoms with E-state index in [1.54, 1.807) is 0 Å². The number of rotatable bonds is 10. The lowest BCUT2D eigenvalue weighted by Crippen LogP contribution is -2.34. The second-order valence-electron chi connectivity index (χ2n) is 7.24. The highest BCUT2D eigenvalue weighted by atomic mass is 16.3. The summed E-state index contributed by atoms with van der Waals surface area (Å²) >= 11 is 0. The Bertz CT molecular complexity index is 225. The van der Waals surface area contributed by atoms with Crippen LogP contribution >= 0.6 is 0 Å². The smallest absolute Gasteiger partial charge is 0.0619 e. The Hall–Kier alpha value is -0.0800. The van der Waals surface area contributed by atoms with E-state index in [9.17, 15) is 5.11 Å². The Balaban J connectivity index is 4.09. The average molecular weight is 271 g/mol. The molecule has 0 aliphatic rings. The van der Waals surface area contributed by atoms with Crippen molar-refractivity contribution >= 4 is 0 Å². The van der Waals surface area contributed by atoms with E-state index in [-0.39, 0.29) is 0 Å². The molecule has 0 amide bonds. The lowest BCUT2D eigenvalue weighted by Gasteiger charge is -2.28. The van der Waals surface area contributed by atoms with Gasteiger partial charge in [0.25, 0.3) is 0 Å². The van der Waals surface area contributed by atoms with E-state index in [1.807, 2.05) is 6.92 Å². The van der Waals surface area contributed by atoms with Gasteiger partial charge in [-0.2, -0.15) is 0 Å². The van der Waals surface area contributed by atoms with Gasteiger partial charge >= 0.3 is 0 Å². The molecule has 0 radical (unpaired) electrons. The summed E-state index contributed by atoms with van der Waals surface area (Å²) in [6, 6.07) is 0.624. The first kappa shape index (κ1) is 18.9. The van der Waals surface area contributed by atoms with E-state index in [2.05, 4.69) is 47.0 Å². The van der Waals surface area contributed by atoms with Crippen LogP contribution in [0.3, 0.4) is 0 Å². The third kappa shape index (κ3) is 8.65. The van der Waals surface area contributed by atoms with E-state index >= 15 is 0 Å². The van der Waals surface area contributed by atoms with Crippen molar-refractivity contribution in [1.29, 1.82) is 0 Å². The highest BCUT2D eigenvalue weighted by Gasteiger charge is 2.22. The van der Waals surface area contributed by atoms with Crippen LogP contribution in [0.25, 0.3) is 0 Å². The number of hydrogen-bond donors (Lipinski definition) is 2. The van der Waals surface area contributed by atoms with E-state index in [4.69, 9.17) is 0 Å². The molecule has 0 aromatic rings. The van der Waals surface area contributed by atoms with Crippen LogP contribution in [-0.2, 0) is 0 Å². The van der Waals surface area contributed by atoms with Gasteiger partial charge in [-0.15, -0.1) is 0 Å². The topological polar surface area (TPSA) is 32.3 Å². The molecule has 0 fully saturated rings. The van der Waals surface area contributed by atoms with E-state index < -0.39 is 5.60 Å². The van der Waals surface area contributed by atoms with Crippen LogP contribution < -0.4 is 5.32 Å². The fraction of sp³-hybridized carbons (Fsp3) is 1.00. The molecule has 4 atom stereocenters. The molecule has 0 saturated heterocycles. The lowest BCUT2D eigenvalue weighted by molar-refractivity contribution is 0.0302. The summed E-state index contributed by atoms with van der Waals surface area (Å²) in [6.45, 7) is 13.2. The molecule has 0 aliphatic heterocycles. The van der Waals surface area contributed by atoms with Crippen molar-refractivity contribution in [2.45, 2.75) is 85.3 Å². The van der Waals surface area contributed by atoms with Crippen LogP contribution in [0, 0.1) is 17.8 Å². The molecular formula is C17H37NO. The SMILES string of the molecule is CCC(C)(O)CC(C)CCC(C)C(CC(C)C)NC. The predicted octanol–water partition coefficient (Wildman–Crippen LogP) is 4.22. The summed E-state index contributed by atoms with van der Waals surface area (Å²) in [5, 5.41) is 13.6. The zero-order valence-corrected chi connectivity index (χ0v) is 14.3. The third-order valence-electron chi connectivity index (χ3n) is 4.45. The van der Waals surface area contributed by atoms with Crippen LogP contribution in [0.2, 0.25) is 0 Å². The van der Waals surface area contributed by atoms with E-state index in [0.717, 1.165) is 18.8 Å². The quantitative estimate of drug-likeness (QED) is 0.623. The highest BCUT2D eigenvalue weighted by molar-refractivity contribution is 4.77. The molecule has 19 heavy (non-hydrogen) atoms. The molecule has 0 heterocycles.